The van der Waals surface area contributed by atoms with Crippen LogP contribution in [0.25, 0.3) is 0 Å². The number of aromatic nitrogens is 1. The molecule has 1 atom stereocenters. The number of carbonyl (C=O) groups is 2. The van der Waals surface area contributed by atoms with Gasteiger partial charge in [-0.3, -0.25) is 14.5 Å². The van der Waals surface area contributed by atoms with Crippen LogP contribution >= 0.6 is 0 Å². The SMILES string of the molecule is COc1cccc(CNC(=O)C2(C)Oc3cccnc3N(C(C)C)C2=O)c1. The van der Waals surface area contributed by atoms with Crippen LogP contribution in [0.5, 0.6) is 11.5 Å². The number of carbonyl (C=O) groups excluding carboxylic acids is 2. The van der Waals surface area contributed by atoms with E-state index < -0.39 is 17.4 Å². The Morgan fingerprint density at radius 2 is 2.11 bits per heavy atom. The highest BCUT2D eigenvalue weighted by Gasteiger charge is 2.51. The average Bonchev–Trinajstić information content (AvgIpc) is 2.66. The fourth-order valence-electron chi connectivity index (χ4n) is 2.99. The van der Waals surface area contributed by atoms with Gasteiger partial charge < -0.3 is 14.8 Å². The second-order valence-corrected chi connectivity index (χ2v) is 6.76. The lowest BCUT2D eigenvalue weighted by molar-refractivity contribution is -0.148. The lowest BCUT2D eigenvalue weighted by Crippen LogP contribution is -2.63. The summed E-state index contributed by atoms with van der Waals surface area (Å²) in [6.45, 7) is 5.48. The largest absolute Gasteiger partial charge is 0.497 e. The highest BCUT2D eigenvalue weighted by molar-refractivity contribution is 6.16. The Balaban J connectivity index is 1.84. The summed E-state index contributed by atoms with van der Waals surface area (Å²) in [5, 5.41) is 2.79. The highest BCUT2D eigenvalue weighted by atomic mass is 16.5. The fourth-order valence-corrected chi connectivity index (χ4v) is 2.99. The summed E-state index contributed by atoms with van der Waals surface area (Å²) in [7, 11) is 1.58. The summed E-state index contributed by atoms with van der Waals surface area (Å²) in [6.07, 6.45) is 1.59. The van der Waals surface area contributed by atoms with Crippen molar-refractivity contribution in [3.63, 3.8) is 0 Å². The Kier molecular flexibility index (Phi) is 5.03. The van der Waals surface area contributed by atoms with Crippen LogP contribution in [0.3, 0.4) is 0 Å². The van der Waals surface area contributed by atoms with Crippen LogP contribution in [-0.4, -0.2) is 35.6 Å². The number of rotatable bonds is 5. The fraction of sp³-hybridized carbons (Fsp3) is 0.350. The Morgan fingerprint density at radius 3 is 2.81 bits per heavy atom. The van der Waals surface area contributed by atoms with Crippen molar-refractivity contribution in [1.29, 1.82) is 0 Å². The summed E-state index contributed by atoms with van der Waals surface area (Å²) in [4.78, 5) is 31.7. The van der Waals surface area contributed by atoms with Crippen LogP contribution in [0.1, 0.15) is 26.3 Å². The summed E-state index contributed by atoms with van der Waals surface area (Å²) in [5.41, 5.74) is -0.809. The number of pyridine rings is 1. The Bertz CT molecular complexity index is 868. The van der Waals surface area contributed by atoms with E-state index in [1.807, 2.05) is 38.1 Å². The van der Waals surface area contributed by atoms with Crippen LogP contribution in [0.15, 0.2) is 42.6 Å². The summed E-state index contributed by atoms with van der Waals surface area (Å²) >= 11 is 0. The van der Waals surface area contributed by atoms with Gasteiger partial charge in [0.25, 0.3) is 17.4 Å². The van der Waals surface area contributed by atoms with E-state index >= 15 is 0 Å². The number of hydrogen-bond donors (Lipinski definition) is 1. The summed E-state index contributed by atoms with van der Waals surface area (Å²) in [6, 6.07) is 10.6. The van der Waals surface area contributed by atoms with E-state index in [1.165, 1.54) is 11.8 Å². The lowest BCUT2D eigenvalue weighted by Gasteiger charge is -2.40. The molecule has 2 amide bonds. The van der Waals surface area contributed by atoms with Crippen molar-refractivity contribution < 1.29 is 19.1 Å². The number of nitrogens with one attached hydrogen (secondary N) is 1. The zero-order chi connectivity index (χ0) is 19.6. The molecule has 27 heavy (non-hydrogen) atoms. The van der Waals surface area contributed by atoms with Crippen molar-refractivity contribution in [2.45, 2.75) is 39.0 Å². The first-order valence-corrected chi connectivity index (χ1v) is 8.75. The van der Waals surface area contributed by atoms with Gasteiger partial charge in [0.2, 0.25) is 0 Å². The maximum absolute atomic E-state index is 13.1. The van der Waals surface area contributed by atoms with E-state index in [0.717, 1.165) is 5.56 Å². The number of fused-ring (bicyclic) bond motifs is 1. The van der Waals surface area contributed by atoms with Gasteiger partial charge in [0.05, 0.1) is 7.11 Å². The van der Waals surface area contributed by atoms with Crippen molar-refractivity contribution in [2.24, 2.45) is 0 Å². The molecule has 1 aromatic carbocycles. The minimum absolute atomic E-state index is 0.166. The first kappa shape index (κ1) is 18.7. The molecule has 2 aromatic rings. The van der Waals surface area contributed by atoms with E-state index in [-0.39, 0.29) is 12.6 Å². The number of ether oxygens (including phenoxy) is 2. The molecule has 1 N–H and O–H groups in total. The first-order valence-electron chi connectivity index (χ1n) is 8.75. The zero-order valence-corrected chi connectivity index (χ0v) is 15.9. The predicted molar refractivity (Wildman–Crippen MR) is 101 cm³/mol. The molecule has 0 bridgehead atoms. The number of hydrogen-bond acceptors (Lipinski definition) is 5. The summed E-state index contributed by atoms with van der Waals surface area (Å²) < 4.78 is 11.0. The number of anilines is 1. The molecule has 3 rings (SSSR count). The normalized spacial score (nSPS) is 18.7. The van der Waals surface area contributed by atoms with Crippen molar-refractivity contribution in [3.05, 3.63) is 48.2 Å². The first-order chi connectivity index (χ1) is 12.9. The standard InChI is InChI=1S/C20H23N3O4/c1-13(2)23-17-16(9-6-10-21-17)27-20(3,19(23)25)18(24)22-12-14-7-5-8-15(11-14)26-4/h5-11,13H,12H2,1-4H3,(H,22,24). The van der Waals surface area contributed by atoms with Crippen LogP contribution < -0.4 is 19.7 Å². The molecule has 1 aromatic heterocycles. The molecule has 0 aliphatic carbocycles. The maximum atomic E-state index is 13.1. The molecule has 0 saturated carbocycles. The Morgan fingerprint density at radius 1 is 1.33 bits per heavy atom. The van der Waals surface area contributed by atoms with E-state index in [1.54, 1.807) is 25.4 Å². The third kappa shape index (κ3) is 3.45. The second-order valence-electron chi connectivity index (χ2n) is 6.76. The van der Waals surface area contributed by atoms with Gasteiger partial charge in [-0.2, -0.15) is 0 Å². The summed E-state index contributed by atoms with van der Waals surface area (Å²) in [5.74, 6) is 0.589. The van der Waals surface area contributed by atoms with E-state index in [4.69, 9.17) is 9.47 Å². The van der Waals surface area contributed by atoms with Crippen LogP contribution in [0.2, 0.25) is 0 Å². The van der Waals surface area contributed by atoms with Gasteiger partial charge in [-0.1, -0.05) is 12.1 Å². The molecule has 0 spiro atoms. The molecule has 7 nitrogen and oxygen atoms in total. The zero-order valence-electron chi connectivity index (χ0n) is 15.9. The molecule has 2 heterocycles. The van der Waals surface area contributed by atoms with Gasteiger partial charge in [-0.15, -0.1) is 0 Å². The second kappa shape index (κ2) is 7.26. The molecular weight excluding hydrogens is 346 g/mol. The molecule has 1 aliphatic heterocycles. The monoisotopic (exact) mass is 369 g/mol. The van der Waals surface area contributed by atoms with Crippen LogP contribution in [0.4, 0.5) is 5.82 Å². The predicted octanol–water partition coefficient (Wildman–Crippen LogP) is 2.30. The number of nitrogens with zero attached hydrogens (tertiary/aromatic N) is 2. The molecule has 0 radical (unpaired) electrons. The van der Waals surface area contributed by atoms with Crippen molar-refractivity contribution >= 4 is 17.6 Å². The minimum Gasteiger partial charge on any atom is -0.497 e. The minimum atomic E-state index is -1.67. The van der Waals surface area contributed by atoms with E-state index in [0.29, 0.717) is 17.3 Å². The maximum Gasteiger partial charge on any atom is 0.282 e. The van der Waals surface area contributed by atoms with Gasteiger partial charge in [0.15, 0.2) is 11.6 Å². The molecule has 142 valence electrons. The topological polar surface area (TPSA) is 80.8 Å². The molecule has 1 unspecified atom stereocenters. The van der Waals surface area contributed by atoms with Gasteiger partial charge in [0.1, 0.15) is 5.75 Å². The highest BCUT2D eigenvalue weighted by Crippen LogP contribution is 2.37. The van der Waals surface area contributed by atoms with Gasteiger partial charge in [0, 0.05) is 18.8 Å². The Hall–Kier alpha value is -3.09. The number of amides is 2. The van der Waals surface area contributed by atoms with Gasteiger partial charge >= 0.3 is 0 Å². The quantitative estimate of drug-likeness (QED) is 0.818. The number of methoxy groups -OCH3 is 1. The third-order valence-electron chi connectivity index (χ3n) is 4.46. The van der Waals surface area contributed by atoms with Crippen molar-refractivity contribution in [1.82, 2.24) is 10.3 Å². The Labute approximate surface area is 158 Å². The van der Waals surface area contributed by atoms with Crippen LogP contribution in [0, 0.1) is 0 Å². The van der Waals surface area contributed by atoms with Gasteiger partial charge in [-0.05, 0) is 50.6 Å². The van der Waals surface area contributed by atoms with Crippen LogP contribution in [-0.2, 0) is 16.1 Å². The van der Waals surface area contributed by atoms with Crippen molar-refractivity contribution in [3.8, 4) is 11.5 Å². The molecule has 1 aliphatic rings. The molecule has 0 saturated heterocycles. The van der Waals surface area contributed by atoms with E-state index in [2.05, 4.69) is 10.3 Å². The molecular formula is C20H23N3O4. The van der Waals surface area contributed by atoms with E-state index in [9.17, 15) is 9.59 Å². The average molecular weight is 369 g/mol. The van der Waals surface area contributed by atoms with Gasteiger partial charge in [-0.25, -0.2) is 4.98 Å². The molecule has 0 fully saturated rings. The lowest BCUT2D eigenvalue weighted by atomic mass is 9.99. The smallest absolute Gasteiger partial charge is 0.282 e. The molecule has 7 heteroatoms. The van der Waals surface area contributed by atoms with Crippen molar-refractivity contribution in [2.75, 3.05) is 12.0 Å². The third-order valence-corrected chi connectivity index (χ3v) is 4.46. The number of benzene rings is 1.